The van der Waals surface area contributed by atoms with Gasteiger partial charge in [0.05, 0.1) is 12.0 Å². The Morgan fingerprint density at radius 2 is 1.77 bits per heavy atom. The lowest BCUT2D eigenvalue weighted by molar-refractivity contribution is -0.138. The standard InChI is InChI=1S/C27H25F3N2O3/c1-18(31-15-20-8-5-9-22(12-20)27(28,29)30)35-23-10-11-25-24(14-23)21(13-26(33)34)17-32(25)16-19-6-3-2-4-7-19/h2-12,14,17-18,31H,13,15-16H2,1H3,(H,33,34). The van der Waals surface area contributed by atoms with Gasteiger partial charge in [-0.15, -0.1) is 0 Å². The van der Waals surface area contributed by atoms with Gasteiger partial charge in [-0.05, 0) is 47.9 Å². The Bertz CT molecular complexity index is 1320. The molecule has 4 rings (SSSR count). The van der Waals surface area contributed by atoms with Crippen LogP contribution in [0.25, 0.3) is 10.9 Å². The van der Waals surface area contributed by atoms with Crippen molar-refractivity contribution in [2.75, 3.05) is 0 Å². The number of benzene rings is 3. The summed E-state index contributed by atoms with van der Waals surface area (Å²) in [7, 11) is 0. The molecular formula is C27H25F3N2O3. The third-order valence-electron chi connectivity index (χ3n) is 5.63. The third kappa shape index (κ3) is 6.22. The average molecular weight is 483 g/mol. The number of carboxylic acids is 1. The van der Waals surface area contributed by atoms with E-state index in [1.54, 1.807) is 25.1 Å². The molecule has 2 N–H and O–H groups in total. The Kier molecular flexibility index (Phi) is 7.12. The van der Waals surface area contributed by atoms with Crippen LogP contribution in [0.2, 0.25) is 0 Å². The number of aromatic nitrogens is 1. The first-order valence-electron chi connectivity index (χ1n) is 11.1. The zero-order valence-electron chi connectivity index (χ0n) is 19.0. The fourth-order valence-corrected chi connectivity index (χ4v) is 4.00. The molecule has 0 bridgehead atoms. The Morgan fingerprint density at radius 3 is 2.49 bits per heavy atom. The summed E-state index contributed by atoms with van der Waals surface area (Å²) < 4.78 is 46.8. The maximum Gasteiger partial charge on any atom is 0.416 e. The van der Waals surface area contributed by atoms with Crippen LogP contribution in [-0.2, 0) is 30.5 Å². The van der Waals surface area contributed by atoms with E-state index < -0.39 is 23.9 Å². The molecule has 182 valence electrons. The van der Waals surface area contributed by atoms with Crippen LogP contribution in [0, 0.1) is 0 Å². The summed E-state index contributed by atoms with van der Waals surface area (Å²) in [6.07, 6.45) is -3.15. The maximum atomic E-state index is 12.9. The summed E-state index contributed by atoms with van der Waals surface area (Å²) in [5.74, 6) is -0.392. The number of carbonyl (C=O) groups is 1. The van der Waals surface area contributed by atoms with Gasteiger partial charge in [-0.1, -0.05) is 48.5 Å². The van der Waals surface area contributed by atoms with Gasteiger partial charge in [0.25, 0.3) is 0 Å². The predicted octanol–water partition coefficient (Wildman–Crippen LogP) is 5.85. The van der Waals surface area contributed by atoms with E-state index in [0.717, 1.165) is 28.6 Å². The Hall–Kier alpha value is -3.78. The van der Waals surface area contributed by atoms with Gasteiger partial charge in [-0.2, -0.15) is 13.2 Å². The minimum atomic E-state index is -4.39. The van der Waals surface area contributed by atoms with Crippen LogP contribution in [-0.4, -0.2) is 21.9 Å². The molecule has 0 aliphatic heterocycles. The summed E-state index contributed by atoms with van der Waals surface area (Å²) in [6, 6.07) is 20.5. The second kappa shape index (κ2) is 10.2. The van der Waals surface area contributed by atoms with Crippen LogP contribution in [0.5, 0.6) is 5.75 Å². The van der Waals surface area contributed by atoms with E-state index in [1.165, 1.54) is 6.07 Å². The van der Waals surface area contributed by atoms with Gasteiger partial charge >= 0.3 is 12.1 Å². The average Bonchev–Trinajstić information content (AvgIpc) is 3.13. The van der Waals surface area contributed by atoms with Gasteiger partial charge in [0.1, 0.15) is 12.0 Å². The van der Waals surface area contributed by atoms with E-state index in [9.17, 15) is 23.1 Å². The van der Waals surface area contributed by atoms with Crippen molar-refractivity contribution in [3.63, 3.8) is 0 Å². The quantitative estimate of drug-likeness (QED) is 0.294. The van der Waals surface area contributed by atoms with Gasteiger partial charge in [0, 0.05) is 30.2 Å². The minimum Gasteiger partial charge on any atom is -0.481 e. The van der Waals surface area contributed by atoms with Crippen LogP contribution in [0.15, 0.2) is 79.0 Å². The lowest BCUT2D eigenvalue weighted by Crippen LogP contribution is -2.31. The van der Waals surface area contributed by atoms with Crippen molar-refractivity contribution in [1.29, 1.82) is 0 Å². The number of alkyl halides is 3. The van der Waals surface area contributed by atoms with Crippen LogP contribution < -0.4 is 10.1 Å². The number of nitrogens with zero attached hydrogens (tertiary/aromatic N) is 1. The van der Waals surface area contributed by atoms with Crippen molar-refractivity contribution in [2.24, 2.45) is 0 Å². The smallest absolute Gasteiger partial charge is 0.416 e. The summed E-state index contributed by atoms with van der Waals surface area (Å²) in [6.45, 7) is 2.56. The summed E-state index contributed by atoms with van der Waals surface area (Å²) in [5, 5.41) is 13.2. The maximum absolute atomic E-state index is 12.9. The molecule has 0 aliphatic carbocycles. The molecular weight excluding hydrogens is 457 g/mol. The molecule has 0 radical (unpaired) electrons. The number of aliphatic carboxylic acids is 1. The summed E-state index contributed by atoms with van der Waals surface area (Å²) in [5.41, 5.74) is 2.47. The first-order chi connectivity index (χ1) is 16.7. The second-order valence-corrected chi connectivity index (χ2v) is 8.36. The predicted molar refractivity (Wildman–Crippen MR) is 127 cm³/mol. The molecule has 1 aromatic heterocycles. The second-order valence-electron chi connectivity index (χ2n) is 8.36. The highest BCUT2D eigenvalue weighted by Gasteiger charge is 2.30. The molecule has 0 fully saturated rings. The van der Waals surface area contributed by atoms with E-state index in [0.29, 0.717) is 23.4 Å². The SMILES string of the molecule is CC(NCc1cccc(C(F)(F)F)c1)Oc1ccc2c(c1)c(CC(=O)O)cn2Cc1ccccc1. The number of rotatable bonds is 9. The Labute approximate surface area is 200 Å². The zero-order valence-corrected chi connectivity index (χ0v) is 19.0. The van der Waals surface area contributed by atoms with Crippen molar-refractivity contribution in [3.8, 4) is 5.75 Å². The Morgan fingerprint density at radius 1 is 1.03 bits per heavy atom. The van der Waals surface area contributed by atoms with Gasteiger partial charge in [-0.25, -0.2) is 0 Å². The highest BCUT2D eigenvalue weighted by atomic mass is 19.4. The van der Waals surface area contributed by atoms with Crippen LogP contribution in [0.3, 0.4) is 0 Å². The lowest BCUT2D eigenvalue weighted by atomic mass is 10.1. The molecule has 35 heavy (non-hydrogen) atoms. The highest BCUT2D eigenvalue weighted by molar-refractivity contribution is 5.88. The molecule has 0 spiro atoms. The van der Waals surface area contributed by atoms with Gasteiger partial charge in [0.2, 0.25) is 0 Å². The fourth-order valence-electron chi connectivity index (χ4n) is 4.00. The molecule has 0 aliphatic rings. The lowest BCUT2D eigenvalue weighted by Gasteiger charge is -2.17. The molecule has 1 unspecified atom stereocenters. The molecule has 0 saturated heterocycles. The number of ether oxygens (including phenoxy) is 1. The minimum absolute atomic E-state index is 0.120. The molecule has 0 saturated carbocycles. The van der Waals surface area contributed by atoms with Crippen LogP contribution in [0.4, 0.5) is 13.2 Å². The van der Waals surface area contributed by atoms with Gasteiger partial charge in [-0.3, -0.25) is 10.1 Å². The van der Waals surface area contributed by atoms with E-state index >= 15 is 0 Å². The number of hydrogen-bond acceptors (Lipinski definition) is 3. The number of halogens is 3. The largest absolute Gasteiger partial charge is 0.481 e. The topological polar surface area (TPSA) is 63.5 Å². The van der Waals surface area contributed by atoms with Crippen molar-refractivity contribution in [1.82, 2.24) is 9.88 Å². The molecule has 4 aromatic rings. The van der Waals surface area contributed by atoms with E-state index in [2.05, 4.69) is 5.32 Å². The molecule has 8 heteroatoms. The molecule has 0 amide bonds. The molecule has 5 nitrogen and oxygen atoms in total. The van der Waals surface area contributed by atoms with E-state index in [4.69, 9.17) is 4.74 Å². The van der Waals surface area contributed by atoms with Crippen molar-refractivity contribution in [3.05, 3.63) is 101 Å². The van der Waals surface area contributed by atoms with E-state index in [-0.39, 0.29) is 13.0 Å². The first kappa shape index (κ1) is 24.3. The van der Waals surface area contributed by atoms with E-state index in [1.807, 2.05) is 47.2 Å². The molecule has 1 atom stereocenters. The summed E-state index contributed by atoms with van der Waals surface area (Å²) >= 11 is 0. The monoisotopic (exact) mass is 482 g/mol. The Balaban J connectivity index is 1.50. The fraction of sp³-hybridized carbons (Fsp3) is 0.222. The normalized spacial score (nSPS) is 12.6. The number of hydrogen-bond donors (Lipinski definition) is 2. The first-order valence-corrected chi connectivity index (χ1v) is 11.1. The van der Waals surface area contributed by atoms with Gasteiger partial charge in [0.15, 0.2) is 0 Å². The number of carboxylic acid groups (broad SMARTS) is 1. The molecule has 3 aromatic carbocycles. The van der Waals surface area contributed by atoms with Crippen LogP contribution >= 0.6 is 0 Å². The van der Waals surface area contributed by atoms with Crippen molar-refractivity contribution >= 4 is 16.9 Å². The van der Waals surface area contributed by atoms with Gasteiger partial charge < -0.3 is 14.4 Å². The van der Waals surface area contributed by atoms with Crippen molar-refractivity contribution < 1.29 is 27.8 Å². The third-order valence-corrected chi connectivity index (χ3v) is 5.63. The zero-order chi connectivity index (χ0) is 25.0. The van der Waals surface area contributed by atoms with Crippen LogP contribution in [0.1, 0.15) is 29.2 Å². The number of fused-ring (bicyclic) bond motifs is 1. The highest BCUT2D eigenvalue weighted by Crippen LogP contribution is 2.30. The van der Waals surface area contributed by atoms with Crippen molar-refractivity contribution in [2.45, 2.75) is 38.8 Å². The number of nitrogens with one attached hydrogen (secondary N) is 1. The molecule has 1 heterocycles. The summed E-state index contributed by atoms with van der Waals surface area (Å²) in [4.78, 5) is 11.4.